The summed E-state index contributed by atoms with van der Waals surface area (Å²) in [6.07, 6.45) is 7.17. The predicted octanol–water partition coefficient (Wildman–Crippen LogP) is -1.64. The van der Waals surface area contributed by atoms with Crippen molar-refractivity contribution in [1.82, 2.24) is 0 Å². The smallest absolute Gasteiger partial charge is 0.184 e. The van der Waals surface area contributed by atoms with E-state index in [-0.39, 0.29) is 12.4 Å². The van der Waals surface area contributed by atoms with Crippen molar-refractivity contribution in [3.05, 3.63) is 0 Å². The van der Waals surface area contributed by atoms with Crippen molar-refractivity contribution >= 4 is 15.0 Å². The Morgan fingerprint density at radius 2 is 2.09 bits per heavy atom. The van der Waals surface area contributed by atoms with Crippen molar-refractivity contribution in [2.75, 3.05) is 19.1 Å². The molecule has 0 aromatic carbocycles. The number of halogens is 1. The minimum absolute atomic E-state index is 0. The van der Waals surface area contributed by atoms with Crippen molar-refractivity contribution in [1.29, 1.82) is 0 Å². The summed E-state index contributed by atoms with van der Waals surface area (Å²) in [6, 6.07) is 0. The van der Waals surface area contributed by atoms with E-state index in [1.54, 1.807) is 0 Å². The highest BCUT2D eigenvalue weighted by Gasteiger charge is 2.27. The van der Waals surface area contributed by atoms with E-state index >= 15 is 0 Å². The van der Waals surface area contributed by atoms with Gasteiger partial charge in [0, 0.05) is 6.42 Å². The van der Waals surface area contributed by atoms with E-state index in [9.17, 15) is 0 Å². The van der Waals surface area contributed by atoms with Crippen molar-refractivity contribution < 1.29 is 17.1 Å². The van der Waals surface area contributed by atoms with E-state index < -0.39 is 9.62 Å². The Morgan fingerprint density at radius 3 is 2.45 bits per heavy atom. The molecular formula is C8H17ClOS. The molecule has 0 aromatic heterocycles. The van der Waals surface area contributed by atoms with Gasteiger partial charge in [-0.3, -0.25) is 0 Å². The molecule has 1 fully saturated rings. The van der Waals surface area contributed by atoms with Gasteiger partial charge in [-0.1, -0.05) is 0 Å². The molecule has 1 saturated heterocycles. The Bertz CT molecular complexity index is 155. The minimum Gasteiger partial charge on any atom is -1.00 e. The lowest BCUT2D eigenvalue weighted by molar-refractivity contribution is -0.00000288. The fourth-order valence-corrected chi connectivity index (χ4v) is 2.70. The van der Waals surface area contributed by atoms with Gasteiger partial charge >= 0.3 is 0 Å². The van der Waals surface area contributed by atoms with Gasteiger partial charge in [0.2, 0.25) is 0 Å². The third-order valence-corrected chi connectivity index (χ3v) is 5.11. The fraction of sp³-hybridized carbons (Fsp3) is 0.875. The molecule has 1 aliphatic rings. The van der Waals surface area contributed by atoms with Gasteiger partial charge in [0.25, 0.3) is 0 Å². The highest BCUT2D eigenvalue weighted by Crippen LogP contribution is 2.20. The predicted molar refractivity (Wildman–Crippen MR) is 49.9 cm³/mol. The van der Waals surface area contributed by atoms with Crippen LogP contribution in [0.4, 0.5) is 0 Å². The molecule has 11 heavy (non-hydrogen) atoms. The van der Waals surface area contributed by atoms with Crippen molar-refractivity contribution in [2.45, 2.75) is 25.2 Å². The van der Waals surface area contributed by atoms with Crippen molar-refractivity contribution in [2.24, 2.45) is 0 Å². The lowest BCUT2D eigenvalue weighted by Gasteiger charge is -2.16. The molecule has 0 N–H and O–H groups in total. The summed E-state index contributed by atoms with van der Waals surface area (Å²) >= 11 is 0. The second-order valence-corrected chi connectivity index (χ2v) is 7.14. The summed E-state index contributed by atoms with van der Waals surface area (Å²) in [5.74, 6) is 0. The molecule has 1 unspecified atom stereocenters. The summed E-state index contributed by atoms with van der Waals surface area (Å²) in [5.41, 5.74) is 0.553. The Hall–Kier alpha value is 0.470. The van der Waals surface area contributed by atoms with Gasteiger partial charge in [0.1, 0.15) is 0 Å². The zero-order valence-electron chi connectivity index (χ0n) is 7.47. The van der Waals surface area contributed by atoms with Gasteiger partial charge < -0.3 is 17.1 Å². The van der Waals surface area contributed by atoms with E-state index in [0.717, 1.165) is 6.61 Å². The van der Waals surface area contributed by atoms with E-state index in [1.165, 1.54) is 12.8 Å². The molecule has 0 bridgehead atoms. The second-order valence-electron chi connectivity index (χ2n) is 3.17. The largest absolute Gasteiger partial charge is 1.00 e. The van der Waals surface area contributed by atoms with Crippen LogP contribution in [0.3, 0.4) is 0 Å². The maximum Gasteiger partial charge on any atom is 0.184 e. The molecule has 3 heteroatoms. The average Bonchev–Trinajstić information content (AvgIpc) is 2.38. The Kier molecular flexibility index (Phi) is 4.68. The molecule has 0 amide bonds. The van der Waals surface area contributed by atoms with Gasteiger partial charge in [-0.15, -0.1) is 9.62 Å². The molecule has 1 heterocycles. The van der Waals surface area contributed by atoms with E-state index in [1.807, 2.05) is 0 Å². The first-order valence-corrected chi connectivity index (χ1v) is 6.37. The number of hydrogen-bond acceptors (Lipinski definition) is 1. The van der Waals surface area contributed by atoms with E-state index in [0.29, 0.717) is 5.44 Å². The maximum absolute atomic E-state index is 5.61. The third kappa shape index (κ3) is 2.77. The Labute approximate surface area is 76.8 Å². The summed E-state index contributed by atoms with van der Waals surface area (Å²) in [5, 5.41) is 2.32. The average molecular weight is 197 g/mol. The SMILES string of the molecule is CC=[S+](C)(C)C1CCCO1.[Cl-]. The molecule has 0 radical (unpaired) electrons. The molecule has 0 aliphatic carbocycles. The zero-order valence-corrected chi connectivity index (χ0v) is 9.04. The normalized spacial score (nSPS) is 24.5. The lowest BCUT2D eigenvalue weighted by atomic mass is 10.4. The van der Waals surface area contributed by atoms with Gasteiger partial charge in [-0.2, -0.15) is 0 Å². The lowest BCUT2D eigenvalue weighted by Crippen LogP contribution is -3.00. The minimum atomic E-state index is -0.545. The summed E-state index contributed by atoms with van der Waals surface area (Å²) in [4.78, 5) is 0. The third-order valence-electron chi connectivity index (χ3n) is 2.17. The molecule has 1 aliphatic heterocycles. The van der Waals surface area contributed by atoms with Crippen molar-refractivity contribution in [3.8, 4) is 0 Å². The monoisotopic (exact) mass is 196 g/mol. The van der Waals surface area contributed by atoms with Crippen LogP contribution in [0.2, 0.25) is 0 Å². The van der Waals surface area contributed by atoms with Crippen LogP contribution in [-0.4, -0.2) is 29.9 Å². The summed E-state index contributed by atoms with van der Waals surface area (Å²) < 4.78 is 5.61. The zero-order chi connectivity index (χ0) is 7.61. The van der Waals surface area contributed by atoms with Crippen LogP contribution < -0.4 is 12.4 Å². The van der Waals surface area contributed by atoms with Crippen LogP contribution in [0.5, 0.6) is 0 Å². The van der Waals surface area contributed by atoms with Gasteiger partial charge in [-0.05, 0) is 13.3 Å². The molecule has 1 nitrogen and oxygen atoms in total. The van der Waals surface area contributed by atoms with Crippen LogP contribution in [0.25, 0.3) is 0 Å². The molecule has 68 valence electrons. The summed E-state index contributed by atoms with van der Waals surface area (Å²) in [7, 11) is -0.545. The molecule has 0 saturated carbocycles. The van der Waals surface area contributed by atoms with Gasteiger partial charge in [0.15, 0.2) is 5.44 Å². The number of hydrogen-bond donors (Lipinski definition) is 0. The fourth-order valence-electron chi connectivity index (χ4n) is 1.18. The molecule has 0 aromatic rings. The van der Waals surface area contributed by atoms with Crippen LogP contribution >= 0.6 is 0 Å². The number of ether oxygens (including phenoxy) is 1. The Balaban J connectivity index is 0.000001000. The second kappa shape index (κ2) is 4.48. The first-order valence-electron chi connectivity index (χ1n) is 3.80. The number of rotatable bonds is 1. The van der Waals surface area contributed by atoms with Crippen LogP contribution in [-0.2, 0) is 14.4 Å². The van der Waals surface area contributed by atoms with Crippen molar-refractivity contribution in [3.63, 3.8) is 0 Å². The molecule has 1 rings (SSSR count). The van der Waals surface area contributed by atoms with E-state index in [2.05, 4.69) is 24.8 Å². The van der Waals surface area contributed by atoms with E-state index in [4.69, 9.17) is 4.74 Å². The Morgan fingerprint density at radius 1 is 1.45 bits per heavy atom. The highest BCUT2D eigenvalue weighted by molar-refractivity contribution is 8.11. The first kappa shape index (κ1) is 11.5. The summed E-state index contributed by atoms with van der Waals surface area (Å²) in [6.45, 7) is 3.13. The van der Waals surface area contributed by atoms with Crippen LogP contribution in [0.15, 0.2) is 0 Å². The molecule has 1 atom stereocenters. The highest BCUT2D eigenvalue weighted by atomic mass is 35.5. The standard InChI is InChI=1S/C8H17OS.ClH/c1-4-10(2,3)8-6-5-7-9-8;/h4,8H,5-7H2,1-3H3;1H/q+1;/p-1. The molecule has 0 spiro atoms. The quantitative estimate of drug-likeness (QED) is 0.361. The topological polar surface area (TPSA) is 9.23 Å². The van der Waals surface area contributed by atoms with Gasteiger partial charge in [-0.25, -0.2) is 0 Å². The first-order chi connectivity index (χ1) is 4.67. The maximum atomic E-state index is 5.61. The van der Waals surface area contributed by atoms with Gasteiger partial charge in [0.05, 0.1) is 24.5 Å². The molecular weight excluding hydrogens is 180 g/mol. The van der Waals surface area contributed by atoms with Crippen LogP contribution in [0.1, 0.15) is 19.8 Å². The van der Waals surface area contributed by atoms with Crippen LogP contribution in [0, 0.1) is 0 Å².